The highest BCUT2D eigenvalue weighted by atomic mass is 19.1. The lowest BCUT2D eigenvalue weighted by molar-refractivity contribution is -0.263. The van der Waals surface area contributed by atoms with Crippen LogP contribution in [0.15, 0.2) is 12.3 Å². The number of rotatable bonds is 5. The highest BCUT2D eigenvalue weighted by Crippen LogP contribution is 2.30. The van der Waals surface area contributed by atoms with E-state index >= 15 is 0 Å². The molecule has 11 nitrogen and oxygen atoms in total. The van der Waals surface area contributed by atoms with Gasteiger partial charge in [-0.1, -0.05) is 0 Å². The lowest BCUT2D eigenvalue weighted by Crippen LogP contribution is -2.40. The molecule has 0 amide bonds. The Bertz CT molecular complexity index is 1450. The van der Waals surface area contributed by atoms with Gasteiger partial charge in [-0.25, -0.2) is 19.0 Å². The van der Waals surface area contributed by atoms with Crippen LogP contribution in [0.4, 0.5) is 4.39 Å². The number of pyridine rings is 1. The predicted molar refractivity (Wildman–Crippen MR) is 123 cm³/mol. The van der Waals surface area contributed by atoms with Gasteiger partial charge in [0.25, 0.3) is 0 Å². The van der Waals surface area contributed by atoms with Crippen molar-refractivity contribution in [3.8, 4) is 29.1 Å². The first-order valence-corrected chi connectivity index (χ1v) is 11.4. The molecule has 12 heteroatoms. The summed E-state index contributed by atoms with van der Waals surface area (Å²) in [5.41, 5.74) is 1.90. The quantitative estimate of drug-likeness (QED) is 0.428. The molecule has 1 saturated heterocycles. The van der Waals surface area contributed by atoms with E-state index in [9.17, 15) is 9.65 Å². The van der Waals surface area contributed by atoms with Gasteiger partial charge in [-0.2, -0.15) is 15.5 Å². The summed E-state index contributed by atoms with van der Waals surface area (Å²) < 4.78 is 31.3. The van der Waals surface area contributed by atoms with Crippen LogP contribution in [-0.4, -0.2) is 58.3 Å². The Hall–Kier alpha value is -3.69. The molecule has 0 atom stereocenters. The fourth-order valence-electron chi connectivity index (χ4n) is 4.22. The van der Waals surface area contributed by atoms with Crippen molar-refractivity contribution >= 4 is 10.9 Å². The molecule has 0 N–H and O–H groups in total. The number of fused-ring (bicyclic) bond motifs is 1. The summed E-state index contributed by atoms with van der Waals surface area (Å²) >= 11 is 0. The van der Waals surface area contributed by atoms with E-state index in [4.69, 9.17) is 9.47 Å². The van der Waals surface area contributed by atoms with E-state index in [1.807, 2.05) is 25.5 Å². The molecule has 182 valence electrons. The van der Waals surface area contributed by atoms with E-state index in [1.165, 1.54) is 9.36 Å². The van der Waals surface area contributed by atoms with E-state index < -0.39 is 11.6 Å². The Morgan fingerprint density at radius 2 is 1.94 bits per heavy atom. The van der Waals surface area contributed by atoms with Gasteiger partial charge in [-0.3, -0.25) is 9.36 Å². The number of hydrogen-bond acceptors (Lipinski definition) is 8. The maximum atomic E-state index is 14.8. The number of nitrogens with zero attached hydrogens (tertiary/aromatic N) is 9. The zero-order chi connectivity index (χ0) is 24.9. The number of halogens is 1. The van der Waals surface area contributed by atoms with Crippen LogP contribution in [0.3, 0.4) is 0 Å². The topological polar surface area (TPSA) is 121 Å². The van der Waals surface area contributed by atoms with Gasteiger partial charge >= 0.3 is 0 Å². The summed E-state index contributed by atoms with van der Waals surface area (Å²) in [5, 5.41) is 23.6. The Balaban J connectivity index is 1.56. The lowest BCUT2D eigenvalue weighted by atomic mass is 10.1. The number of hydrogen-bond donors (Lipinski definition) is 0. The van der Waals surface area contributed by atoms with Crippen molar-refractivity contribution in [1.29, 1.82) is 5.26 Å². The normalized spacial score (nSPS) is 16.1. The summed E-state index contributed by atoms with van der Waals surface area (Å²) in [6.45, 7) is 9.36. The first-order chi connectivity index (χ1) is 16.7. The number of aryl methyl sites for hydroxylation is 3. The molecule has 1 aliphatic heterocycles. The summed E-state index contributed by atoms with van der Waals surface area (Å²) in [5.74, 6) is -0.349. The van der Waals surface area contributed by atoms with Gasteiger partial charge in [-0.15, -0.1) is 5.10 Å². The van der Waals surface area contributed by atoms with Crippen molar-refractivity contribution in [2.24, 2.45) is 13.0 Å². The predicted octanol–water partition coefficient (Wildman–Crippen LogP) is 2.83. The first kappa shape index (κ1) is 23.1. The molecule has 5 heterocycles. The zero-order valence-corrected chi connectivity index (χ0v) is 20.3. The molecule has 5 rings (SSSR count). The second-order valence-corrected chi connectivity index (χ2v) is 9.06. The molecule has 0 saturated carbocycles. The summed E-state index contributed by atoms with van der Waals surface area (Å²) in [7, 11) is 1.71. The minimum absolute atomic E-state index is 0.107. The highest BCUT2D eigenvalue weighted by Gasteiger charge is 2.29. The Morgan fingerprint density at radius 3 is 2.63 bits per heavy atom. The average molecular weight is 480 g/mol. The van der Waals surface area contributed by atoms with Crippen LogP contribution in [0, 0.1) is 30.0 Å². The molecule has 1 fully saturated rings. The standard InChI is InChI=1S/C23H26FN9O2/c1-6-32-20(18(24)13(2)29-32)21-28-22(31(5)30-21)19-16-9-26-33(17(16)7-15(8-25)27-19)10-14-11-34-23(3,4)35-12-14/h7,9,14H,6,10-12H2,1-5H3. The van der Waals surface area contributed by atoms with E-state index in [2.05, 4.69) is 31.3 Å². The number of aromatic nitrogens is 8. The fraction of sp³-hybridized carbons (Fsp3) is 0.478. The van der Waals surface area contributed by atoms with Gasteiger partial charge in [0.1, 0.15) is 23.2 Å². The van der Waals surface area contributed by atoms with Crippen LogP contribution in [0.2, 0.25) is 0 Å². The second-order valence-electron chi connectivity index (χ2n) is 9.06. The van der Waals surface area contributed by atoms with Gasteiger partial charge in [0.15, 0.2) is 17.4 Å². The van der Waals surface area contributed by atoms with Crippen LogP contribution < -0.4 is 0 Å². The van der Waals surface area contributed by atoms with Crippen molar-refractivity contribution in [3.63, 3.8) is 0 Å². The van der Waals surface area contributed by atoms with E-state index in [1.54, 1.807) is 26.2 Å². The molecule has 0 aliphatic carbocycles. The molecule has 0 bridgehead atoms. The smallest absolute Gasteiger partial charge is 0.203 e. The number of nitriles is 1. The summed E-state index contributed by atoms with van der Waals surface area (Å²) in [6, 6.07) is 3.82. The van der Waals surface area contributed by atoms with Gasteiger partial charge in [0.05, 0.1) is 30.6 Å². The van der Waals surface area contributed by atoms with Crippen LogP contribution in [0.25, 0.3) is 33.9 Å². The molecular formula is C23H26FN9O2. The van der Waals surface area contributed by atoms with Crippen LogP contribution in [0.5, 0.6) is 0 Å². The lowest BCUT2D eigenvalue weighted by Gasteiger charge is -2.34. The van der Waals surface area contributed by atoms with Crippen LogP contribution in [0.1, 0.15) is 32.2 Å². The maximum Gasteiger partial charge on any atom is 0.203 e. The van der Waals surface area contributed by atoms with E-state index in [0.29, 0.717) is 43.2 Å². The van der Waals surface area contributed by atoms with Gasteiger partial charge in [0.2, 0.25) is 5.82 Å². The average Bonchev–Trinajstić information content (AvgIpc) is 3.50. The van der Waals surface area contributed by atoms with Gasteiger partial charge < -0.3 is 9.47 Å². The van der Waals surface area contributed by atoms with Gasteiger partial charge in [-0.05, 0) is 27.7 Å². The highest BCUT2D eigenvalue weighted by molar-refractivity contribution is 5.91. The van der Waals surface area contributed by atoms with Crippen molar-refractivity contribution in [1.82, 2.24) is 39.3 Å². The fourth-order valence-corrected chi connectivity index (χ4v) is 4.22. The number of ether oxygens (including phenoxy) is 2. The maximum absolute atomic E-state index is 14.8. The molecular weight excluding hydrogens is 453 g/mol. The zero-order valence-electron chi connectivity index (χ0n) is 20.3. The minimum atomic E-state index is -0.595. The molecule has 0 spiro atoms. The SMILES string of the molecule is CCn1nc(C)c(F)c1-c1nc(-c2nc(C#N)cc3c2cnn3CC2COC(C)(C)OC2)n(C)n1. The first-order valence-electron chi connectivity index (χ1n) is 11.4. The van der Waals surface area contributed by atoms with Crippen molar-refractivity contribution in [2.75, 3.05) is 13.2 Å². The molecule has 35 heavy (non-hydrogen) atoms. The van der Waals surface area contributed by atoms with E-state index in [-0.39, 0.29) is 28.8 Å². The van der Waals surface area contributed by atoms with Gasteiger partial charge in [0, 0.05) is 37.5 Å². The molecule has 0 radical (unpaired) electrons. The molecule has 1 aliphatic rings. The third kappa shape index (κ3) is 4.06. The summed E-state index contributed by atoms with van der Waals surface area (Å²) in [4.78, 5) is 9.11. The van der Waals surface area contributed by atoms with E-state index in [0.717, 1.165) is 5.52 Å². The Kier molecular flexibility index (Phi) is 5.61. The monoisotopic (exact) mass is 479 g/mol. The second kappa shape index (κ2) is 8.51. The van der Waals surface area contributed by atoms with Crippen molar-refractivity contribution in [3.05, 3.63) is 29.5 Å². The molecule has 4 aromatic rings. The third-order valence-corrected chi connectivity index (χ3v) is 6.06. The third-order valence-electron chi connectivity index (χ3n) is 6.06. The van der Waals surface area contributed by atoms with Crippen LogP contribution in [-0.2, 0) is 29.6 Å². The van der Waals surface area contributed by atoms with Crippen LogP contribution >= 0.6 is 0 Å². The summed E-state index contributed by atoms with van der Waals surface area (Å²) in [6.07, 6.45) is 1.70. The molecule has 4 aromatic heterocycles. The largest absolute Gasteiger partial charge is 0.350 e. The molecule has 0 unspecified atom stereocenters. The Morgan fingerprint density at radius 1 is 1.20 bits per heavy atom. The Labute approximate surface area is 201 Å². The minimum Gasteiger partial charge on any atom is -0.350 e. The van der Waals surface area contributed by atoms with Crippen molar-refractivity contribution in [2.45, 2.75) is 46.6 Å². The molecule has 0 aromatic carbocycles. The van der Waals surface area contributed by atoms with Crippen molar-refractivity contribution < 1.29 is 13.9 Å².